The summed E-state index contributed by atoms with van der Waals surface area (Å²) in [5.41, 5.74) is 0.687. The topological polar surface area (TPSA) is 83.6 Å². The molecule has 7 nitrogen and oxygen atoms in total. The van der Waals surface area contributed by atoms with Gasteiger partial charge in [0.1, 0.15) is 11.5 Å². The standard InChI is InChI=1S/C20H22N4O3/c25-19-14-3-1-4-16(22-19)13-24(12-14)20(26)23-15-6-8-17(9-7-15)27-18-5-2-10-21-11-18/h2,5-11,14,16H,1,3-4,12-13H2,(H,22,25)(H,23,26)/t14-,16+/m0/s1. The van der Waals surface area contributed by atoms with Gasteiger partial charge in [-0.25, -0.2) is 4.79 Å². The highest BCUT2D eigenvalue weighted by molar-refractivity contribution is 5.90. The van der Waals surface area contributed by atoms with Crippen LogP contribution in [-0.2, 0) is 4.79 Å². The molecule has 2 fully saturated rings. The van der Waals surface area contributed by atoms with E-state index < -0.39 is 0 Å². The van der Waals surface area contributed by atoms with Crippen LogP contribution in [0.25, 0.3) is 0 Å². The molecule has 2 N–H and O–H groups in total. The second-order valence-corrected chi connectivity index (χ2v) is 6.98. The van der Waals surface area contributed by atoms with Crippen LogP contribution in [-0.4, -0.2) is 41.0 Å². The highest BCUT2D eigenvalue weighted by Gasteiger charge is 2.34. The third kappa shape index (κ3) is 4.19. The molecule has 140 valence electrons. The van der Waals surface area contributed by atoms with Crippen molar-refractivity contribution in [2.75, 3.05) is 18.4 Å². The number of carbonyl (C=O) groups excluding carboxylic acids is 2. The molecule has 7 heteroatoms. The lowest BCUT2D eigenvalue weighted by Gasteiger charge is -2.27. The first-order valence-electron chi connectivity index (χ1n) is 9.21. The molecule has 1 aromatic carbocycles. The maximum Gasteiger partial charge on any atom is 0.321 e. The Bertz CT molecular complexity index is 810. The fourth-order valence-corrected chi connectivity index (χ4v) is 3.57. The zero-order chi connectivity index (χ0) is 18.6. The van der Waals surface area contributed by atoms with E-state index >= 15 is 0 Å². The molecule has 4 rings (SSSR count). The average molecular weight is 366 g/mol. The summed E-state index contributed by atoms with van der Waals surface area (Å²) < 4.78 is 5.70. The number of nitrogens with zero attached hydrogens (tertiary/aromatic N) is 2. The van der Waals surface area contributed by atoms with E-state index in [4.69, 9.17) is 4.74 Å². The molecule has 2 aliphatic rings. The smallest absolute Gasteiger partial charge is 0.321 e. The summed E-state index contributed by atoms with van der Waals surface area (Å²) in [7, 11) is 0. The number of hydrogen-bond donors (Lipinski definition) is 2. The van der Waals surface area contributed by atoms with Gasteiger partial charge in [-0.2, -0.15) is 0 Å². The molecule has 0 radical (unpaired) electrons. The Morgan fingerprint density at radius 3 is 2.78 bits per heavy atom. The van der Waals surface area contributed by atoms with Gasteiger partial charge in [0.05, 0.1) is 12.1 Å². The van der Waals surface area contributed by atoms with Gasteiger partial charge in [-0.15, -0.1) is 0 Å². The van der Waals surface area contributed by atoms with Crippen LogP contribution < -0.4 is 15.4 Å². The van der Waals surface area contributed by atoms with Crippen LogP contribution in [0.2, 0.25) is 0 Å². The van der Waals surface area contributed by atoms with Crippen LogP contribution >= 0.6 is 0 Å². The largest absolute Gasteiger partial charge is 0.456 e. The summed E-state index contributed by atoms with van der Waals surface area (Å²) in [5, 5.41) is 5.95. The number of fused-ring (bicyclic) bond motifs is 3. The highest BCUT2D eigenvalue weighted by atomic mass is 16.5. The molecular formula is C20H22N4O3. The predicted octanol–water partition coefficient (Wildman–Crippen LogP) is 3.01. The zero-order valence-electron chi connectivity index (χ0n) is 14.9. The third-order valence-electron chi connectivity index (χ3n) is 4.97. The van der Waals surface area contributed by atoms with Crippen molar-refractivity contribution in [3.05, 3.63) is 48.8 Å². The van der Waals surface area contributed by atoms with E-state index in [-0.39, 0.29) is 23.9 Å². The number of aromatic nitrogens is 1. The first kappa shape index (κ1) is 17.3. The number of ether oxygens (including phenoxy) is 1. The minimum absolute atomic E-state index is 0.0472. The Labute approximate surface area is 157 Å². The Hall–Kier alpha value is -3.09. The van der Waals surface area contributed by atoms with Crippen LogP contribution in [0.15, 0.2) is 48.8 Å². The second kappa shape index (κ2) is 7.65. The fraction of sp³-hybridized carbons (Fsp3) is 0.350. The maximum atomic E-state index is 12.7. The van der Waals surface area contributed by atoms with Gasteiger partial charge in [-0.05, 0) is 49.2 Å². The van der Waals surface area contributed by atoms with E-state index in [0.717, 1.165) is 19.3 Å². The van der Waals surface area contributed by atoms with Crippen molar-refractivity contribution >= 4 is 17.6 Å². The monoisotopic (exact) mass is 366 g/mol. The van der Waals surface area contributed by atoms with Crippen molar-refractivity contribution in [1.29, 1.82) is 0 Å². The quantitative estimate of drug-likeness (QED) is 0.875. The molecule has 0 saturated carbocycles. The lowest BCUT2D eigenvalue weighted by molar-refractivity contribution is -0.124. The van der Waals surface area contributed by atoms with E-state index in [0.29, 0.717) is 30.3 Å². The van der Waals surface area contributed by atoms with Crippen LogP contribution in [0.3, 0.4) is 0 Å². The van der Waals surface area contributed by atoms with Crippen molar-refractivity contribution in [1.82, 2.24) is 15.2 Å². The average Bonchev–Trinajstić information content (AvgIpc) is 2.93. The molecule has 2 bridgehead atoms. The summed E-state index contributed by atoms with van der Waals surface area (Å²) >= 11 is 0. The number of anilines is 1. The van der Waals surface area contributed by atoms with E-state index in [2.05, 4.69) is 15.6 Å². The van der Waals surface area contributed by atoms with Crippen LogP contribution in [0, 0.1) is 5.92 Å². The molecule has 2 saturated heterocycles. The molecule has 2 aliphatic heterocycles. The summed E-state index contributed by atoms with van der Waals surface area (Å²) in [6, 6.07) is 10.7. The zero-order valence-corrected chi connectivity index (χ0v) is 14.9. The first-order chi connectivity index (χ1) is 13.2. The molecule has 0 spiro atoms. The van der Waals surface area contributed by atoms with Crippen LogP contribution in [0.4, 0.5) is 10.5 Å². The number of pyridine rings is 1. The van der Waals surface area contributed by atoms with Gasteiger partial charge in [-0.3, -0.25) is 9.78 Å². The highest BCUT2D eigenvalue weighted by Crippen LogP contribution is 2.24. The number of carbonyl (C=O) groups is 2. The van der Waals surface area contributed by atoms with Gasteiger partial charge in [0.2, 0.25) is 5.91 Å². The Balaban J connectivity index is 1.38. The van der Waals surface area contributed by atoms with Gasteiger partial charge < -0.3 is 20.3 Å². The lowest BCUT2D eigenvalue weighted by Crippen LogP contribution is -2.43. The Kier molecular flexibility index (Phi) is 4.91. The van der Waals surface area contributed by atoms with E-state index in [1.807, 2.05) is 6.07 Å². The Morgan fingerprint density at radius 2 is 2.00 bits per heavy atom. The number of nitrogens with one attached hydrogen (secondary N) is 2. The minimum atomic E-state index is -0.177. The van der Waals surface area contributed by atoms with Gasteiger partial charge in [0.25, 0.3) is 0 Å². The first-order valence-corrected chi connectivity index (χ1v) is 9.21. The van der Waals surface area contributed by atoms with Crippen molar-refractivity contribution in [3.8, 4) is 11.5 Å². The number of benzene rings is 1. The number of likely N-dealkylation sites (tertiary alicyclic amines) is 1. The van der Waals surface area contributed by atoms with Crippen LogP contribution in [0.5, 0.6) is 11.5 Å². The number of amides is 3. The fourth-order valence-electron chi connectivity index (χ4n) is 3.57. The van der Waals surface area contributed by atoms with Gasteiger partial charge in [0.15, 0.2) is 0 Å². The van der Waals surface area contributed by atoms with Crippen LogP contribution in [0.1, 0.15) is 19.3 Å². The van der Waals surface area contributed by atoms with Gasteiger partial charge in [0, 0.05) is 31.0 Å². The summed E-state index contributed by atoms with van der Waals surface area (Å²) in [6.07, 6.45) is 6.12. The number of rotatable bonds is 3. The molecule has 2 aromatic rings. The number of urea groups is 1. The Morgan fingerprint density at radius 1 is 1.15 bits per heavy atom. The van der Waals surface area contributed by atoms with Crippen molar-refractivity contribution in [2.24, 2.45) is 5.92 Å². The van der Waals surface area contributed by atoms with Crippen molar-refractivity contribution in [2.45, 2.75) is 25.3 Å². The van der Waals surface area contributed by atoms with Gasteiger partial charge in [-0.1, -0.05) is 6.42 Å². The van der Waals surface area contributed by atoms with E-state index in [1.54, 1.807) is 47.6 Å². The van der Waals surface area contributed by atoms with E-state index in [1.165, 1.54) is 0 Å². The van der Waals surface area contributed by atoms with Crippen molar-refractivity contribution < 1.29 is 14.3 Å². The molecule has 27 heavy (non-hydrogen) atoms. The number of hydrogen-bond acceptors (Lipinski definition) is 4. The molecule has 0 unspecified atom stereocenters. The summed E-state index contributed by atoms with van der Waals surface area (Å²) in [5.74, 6) is 1.28. The normalized spacial score (nSPS) is 21.8. The maximum absolute atomic E-state index is 12.7. The second-order valence-electron chi connectivity index (χ2n) is 6.98. The predicted molar refractivity (Wildman–Crippen MR) is 101 cm³/mol. The lowest BCUT2D eigenvalue weighted by atomic mass is 9.99. The van der Waals surface area contributed by atoms with Crippen molar-refractivity contribution in [3.63, 3.8) is 0 Å². The molecular weight excluding hydrogens is 344 g/mol. The summed E-state index contributed by atoms with van der Waals surface area (Å²) in [4.78, 5) is 30.5. The van der Waals surface area contributed by atoms with E-state index in [9.17, 15) is 9.59 Å². The molecule has 0 aliphatic carbocycles. The molecule has 2 atom stereocenters. The third-order valence-corrected chi connectivity index (χ3v) is 4.97. The molecule has 3 heterocycles. The summed E-state index contributed by atoms with van der Waals surface area (Å²) in [6.45, 7) is 1.02. The SMILES string of the molecule is O=C1N[C@@H]2CCC[C@H]1CN(C(=O)Nc1ccc(Oc3cccnc3)cc1)C2. The molecule has 1 aromatic heterocycles. The van der Waals surface area contributed by atoms with Gasteiger partial charge >= 0.3 is 6.03 Å². The molecule has 3 amide bonds. The minimum Gasteiger partial charge on any atom is -0.456 e.